The SMILES string of the molecule is NC(=O)c1ccc[n+]([C@H]2O[C@@H](COP(=O)(O)OP(=O)(O)OC[C@H]3O[C@@H](n4cnc5c(N)ncnc54)C(O)[C@H]3O)C(O)[C@H]2O)c1. The molecule has 0 bridgehead atoms. The van der Waals surface area contributed by atoms with Gasteiger partial charge in [-0.25, -0.2) is 24.1 Å². The van der Waals surface area contributed by atoms with Gasteiger partial charge in [0.15, 0.2) is 36.2 Å². The number of hydrogen-bond acceptors (Lipinski definition) is 16. The Balaban J connectivity index is 1.16. The van der Waals surface area contributed by atoms with Gasteiger partial charge in [0.05, 0.1) is 19.5 Å². The number of nitrogens with zero attached hydrogens (tertiary/aromatic N) is 5. The summed E-state index contributed by atoms with van der Waals surface area (Å²) in [5, 5.41) is 41.6. The van der Waals surface area contributed by atoms with E-state index < -0.39 is 83.8 Å². The zero-order valence-electron chi connectivity index (χ0n) is 22.2. The molecular weight excluding hydrogens is 636 g/mol. The summed E-state index contributed by atoms with van der Waals surface area (Å²) in [6.45, 7) is -1.80. The molecule has 10 atom stereocenters. The summed E-state index contributed by atoms with van der Waals surface area (Å²) in [5.41, 5.74) is 11.4. The number of phosphoric ester groups is 2. The third kappa shape index (κ3) is 6.65. The normalized spacial score (nSPS) is 31.6. The largest absolute Gasteiger partial charge is 0.481 e. The summed E-state index contributed by atoms with van der Waals surface area (Å²) in [6, 6.07) is 2.83. The maximum Gasteiger partial charge on any atom is 0.481 e. The van der Waals surface area contributed by atoms with E-state index >= 15 is 0 Å². The number of anilines is 1. The third-order valence-corrected chi connectivity index (χ3v) is 9.35. The predicted molar refractivity (Wildman–Crippen MR) is 139 cm³/mol. The maximum atomic E-state index is 12.4. The highest BCUT2D eigenvalue weighted by Crippen LogP contribution is 2.60. The van der Waals surface area contributed by atoms with Crippen LogP contribution in [-0.4, -0.2) is 105 Å². The number of nitrogens with two attached hydrogens (primary N) is 2. The zero-order chi connectivity index (χ0) is 32.0. The molecular formula is C21H28N7O14P2+. The fourth-order valence-electron chi connectivity index (χ4n) is 4.58. The van der Waals surface area contributed by atoms with Crippen molar-refractivity contribution in [1.29, 1.82) is 0 Å². The number of ether oxygens (including phenoxy) is 2. The topological polar surface area (TPSA) is 318 Å². The summed E-state index contributed by atoms with van der Waals surface area (Å²) >= 11 is 0. The molecule has 0 spiro atoms. The summed E-state index contributed by atoms with van der Waals surface area (Å²) in [4.78, 5) is 43.3. The summed E-state index contributed by atoms with van der Waals surface area (Å²) < 4.78 is 52.0. The molecule has 5 rings (SSSR count). The van der Waals surface area contributed by atoms with Crippen LogP contribution in [0.4, 0.5) is 5.82 Å². The van der Waals surface area contributed by atoms with Crippen LogP contribution in [-0.2, 0) is 32.0 Å². The first-order valence-electron chi connectivity index (χ1n) is 12.6. The minimum absolute atomic E-state index is 0.0505. The van der Waals surface area contributed by atoms with Gasteiger partial charge < -0.3 is 51.2 Å². The van der Waals surface area contributed by atoms with Crippen LogP contribution in [0.1, 0.15) is 22.8 Å². The van der Waals surface area contributed by atoms with E-state index in [4.69, 9.17) is 25.5 Å². The number of phosphoric acid groups is 2. The molecule has 2 aliphatic rings. The minimum Gasteiger partial charge on any atom is -0.387 e. The van der Waals surface area contributed by atoms with Gasteiger partial charge in [-0.3, -0.25) is 18.4 Å². The quantitative estimate of drug-likeness (QED) is 0.0747. The number of fused-ring (bicyclic) bond motifs is 1. The average Bonchev–Trinajstić information content (AvgIpc) is 3.61. The highest BCUT2D eigenvalue weighted by atomic mass is 31.3. The smallest absolute Gasteiger partial charge is 0.387 e. The Morgan fingerprint density at radius 2 is 1.61 bits per heavy atom. The second kappa shape index (κ2) is 12.4. The van der Waals surface area contributed by atoms with Crippen molar-refractivity contribution in [3.05, 3.63) is 42.7 Å². The first-order valence-corrected chi connectivity index (χ1v) is 15.6. The molecule has 4 unspecified atom stereocenters. The highest BCUT2D eigenvalue weighted by molar-refractivity contribution is 7.61. The van der Waals surface area contributed by atoms with Crippen molar-refractivity contribution in [1.82, 2.24) is 19.5 Å². The van der Waals surface area contributed by atoms with E-state index in [2.05, 4.69) is 23.8 Å². The molecule has 5 heterocycles. The van der Waals surface area contributed by atoms with Crippen molar-refractivity contribution >= 4 is 38.5 Å². The standard InChI is InChI=1S/C21H27N7O14P2/c22-17-12-19(25-7-24-17)28(8-26-12)21-16(32)14(30)11(41-21)6-39-44(36,37)42-43(34,35)38-5-10-13(29)15(31)20(40-10)27-3-1-2-9(4-27)18(23)33/h1-4,7-8,10-11,13-16,20-21,29-32H,5-6H2,(H5-,22,23,24,25,33,34,35,36,37)/p+1/t10-,11+,13?,14-,15+,16?,20-,21+/m0/s1. The molecule has 3 aromatic rings. The molecule has 0 aliphatic carbocycles. The molecule has 0 aromatic carbocycles. The van der Waals surface area contributed by atoms with Gasteiger partial charge in [-0.2, -0.15) is 8.88 Å². The molecule has 2 saturated heterocycles. The Morgan fingerprint density at radius 1 is 0.977 bits per heavy atom. The summed E-state index contributed by atoms with van der Waals surface area (Å²) in [7, 11) is -10.7. The number of hydrogen-bond donors (Lipinski definition) is 8. The molecule has 2 fully saturated rings. The van der Waals surface area contributed by atoms with Crippen LogP contribution in [0, 0.1) is 0 Å². The van der Waals surface area contributed by atoms with Gasteiger partial charge in [-0.05, 0) is 6.07 Å². The lowest BCUT2D eigenvalue weighted by Gasteiger charge is -2.20. The Kier molecular flexibility index (Phi) is 9.13. The highest BCUT2D eigenvalue weighted by Gasteiger charge is 2.50. The molecule has 10 N–H and O–H groups in total. The Labute approximate surface area is 246 Å². The van der Waals surface area contributed by atoms with E-state index in [1.165, 1.54) is 40.0 Å². The van der Waals surface area contributed by atoms with E-state index in [9.17, 15) is 44.1 Å². The molecule has 21 nitrogen and oxygen atoms in total. The molecule has 0 saturated carbocycles. The van der Waals surface area contributed by atoms with E-state index in [-0.39, 0.29) is 22.5 Å². The Morgan fingerprint density at radius 3 is 2.27 bits per heavy atom. The van der Waals surface area contributed by atoms with Crippen LogP contribution in [0.25, 0.3) is 11.2 Å². The van der Waals surface area contributed by atoms with Gasteiger partial charge in [0.25, 0.3) is 12.1 Å². The first-order chi connectivity index (χ1) is 20.7. The van der Waals surface area contributed by atoms with Crippen molar-refractivity contribution in [3.63, 3.8) is 0 Å². The molecule has 3 aromatic heterocycles. The number of nitrogen functional groups attached to an aromatic ring is 1. The van der Waals surface area contributed by atoms with Gasteiger partial charge in [-0.15, -0.1) is 0 Å². The van der Waals surface area contributed by atoms with Gasteiger partial charge in [0.2, 0.25) is 0 Å². The van der Waals surface area contributed by atoms with Gasteiger partial charge >= 0.3 is 15.6 Å². The van der Waals surface area contributed by atoms with E-state index in [0.29, 0.717) is 0 Å². The van der Waals surface area contributed by atoms with Crippen LogP contribution >= 0.6 is 15.6 Å². The number of pyridine rings is 1. The molecule has 44 heavy (non-hydrogen) atoms. The number of aliphatic hydroxyl groups excluding tert-OH is 4. The van der Waals surface area contributed by atoms with Crippen LogP contribution in [0.2, 0.25) is 0 Å². The molecule has 23 heteroatoms. The van der Waals surface area contributed by atoms with Crippen molar-refractivity contribution < 1.29 is 71.5 Å². The lowest BCUT2D eigenvalue weighted by atomic mass is 10.1. The second-order valence-corrected chi connectivity index (χ2v) is 12.7. The van der Waals surface area contributed by atoms with Crippen LogP contribution in [0.5, 0.6) is 0 Å². The first kappa shape index (κ1) is 32.4. The lowest BCUT2D eigenvalue weighted by Crippen LogP contribution is -2.46. The second-order valence-electron chi connectivity index (χ2n) is 9.69. The molecule has 0 radical (unpaired) electrons. The van der Waals surface area contributed by atoms with Crippen LogP contribution in [0.15, 0.2) is 37.2 Å². The number of carbonyl (C=O) groups excluding carboxylic acids is 1. The fraction of sp³-hybridized carbons (Fsp3) is 0.476. The van der Waals surface area contributed by atoms with E-state index in [1.54, 1.807) is 0 Å². The molecule has 240 valence electrons. The Hall–Kier alpha value is -3.01. The fourth-order valence-corrected chi connectivity index (χ4v) is 6.67. The van der Waals surface area contributed by atoms with Gasteiger partial charge in [0, 0.05) is 6.07 Å². The minimum atomic E-state index is -5.37. The van der Waals surface area contributed by atoms with E-state index in [0.717, 1.165) is 6.33 Å². The van der Waals surface area contributed by atoms with Gasteiger partial charge in [0.1, 0.15) is 47.9 Å². The van der Waals surface area contributed by atoms with Gasteiger partial charge in [-0.1, -0.05) is 0 Å². The van der Waals surface area contributed by atoms with Crippen LogP contribution < -0.4 is 16.0 Å². The summed E-state index contributed by atoms with van der Waals surface area (Å²) in [5.74, 6) is -0.714. The van der Waals surface area contributed by atoms with Crippen molar-refractivity contribution in [2.24, 2.45) is 5.73 Å². The lowest BCUT2D eigenvalue weighted by molar-refractivity contribution is -0.765. The number of aliphatic hydroxyl groups is 4. The number of imidazole rings is 1. The number of primary amides is 1. The Bertz CT molecular complexity index is 1630. The van der Waals surface area contributed by atoms with Crippen LogP contribution in [0.3, 0.4) is 0 Å². The number of aromatic nitrogens is 5. The zero-order valence-corrected chi connectivity index (χ0v) is 24.0. The monoisotopic (exact) mass is 664 g/mol. The third-order valence-electron chi connectivity index (χ3n) is 6.75. The number of amides is 1. The number of carbonyl (C=O) groups is 1. The number of rotatable bonds is 11. The summed E-state index contributed by atoms with van der Waals surface area (Å²) in [6.07, 6.45) is -6.85. The predicted octanol–water partition coefficient (Wildman–Crippen LogP) is -3.02. The maximum absolute atomic E-state index is 12.4. The molecule has 1 amide bonds. The van der Waals surface area contributed by atoms with Crippen molar-refractivity contribution in [3.8, 4) is 0 Å². The molecule has 2 aliphatic heterocycles. The average molecular weight is 664 g/mol. The van der Waals surface area contributed by atoms with E-state index in [1.807, 2.05) is 0 Å². The van der Waals surface area contributed by atoms with Crippen molar-refractivity contribution in [2.45, 2.75) is 49.1 Å². The van der Waals surface area contributed by atoms with Crippen molar-refractivity contribution in [2.75, 3.05) is 18.9 Å².